The Balaban J connectivity index is 1.36. The summed E-state index contributed by atoms with van der Waals surface area (Å²) in [4.78, 5) is 42.8. The third-order valence-electron chi connectivity index (χ3n) is 7.36. The van der Waals surface area contributed by atoms with Crippen LogP contribution in [0, 0.1) is 25.5 Å². The molecular formula is C28H26F5N6O5+. The van der Waals surface area contributed by atoms with Crippen LogP contribution < -0.4 is 15.7 Å². The number of nitrogens with zero attached hydrogens (tertiary/aromatic N) is 4. The number of amidine groups is 1. The van der Waals surface area contributed by atoms with Crippen LogP contribution >= 0.6 is 0 Å². The van der Waals surface area contributed by atoms with Crippen molar-refractivity contribution in [1.29, 1.82) is 0 Å². The number of halogens is 5. The summed E-state index contributed by atoms with van der Waals surface area (Å²) in [6.07, 6.45) is -6.23. The second kappa shape index (κ2) is 12.0. The highest BCUT2D eigenvalue weighted by Crippen LogP contribution is 2.23. The number of hydrogen-bond acceptors (Lipinski definition) is 8. The molecule has 1 aromatic heterocycles. The Labute approximate surface area is 246 Å². The molecule has 2 N–H and O–H groups in total. The van der Waals surface area contributed by atoms with E-state index in [-0.39, 0.29) is 55.4 Å². The van der Waals surface area contributed by atoms with Gasteiger partial charge in [0.2, 0.25) is 6.17 Å². The number of aromatic nitrogens is 2. The van der Waals surface area contributed by atoms with Gasteiger partial charge in [0.05, 0.1) is 29.5 Å². The predicted molar refractivity (Wildman–Crippen MR) is 142 cm³/mol. The molecule has 232 valence electrons. The van der Waals surface area contributed by atoms with Gasteiger partial charge in [-0.2, -0.15) is 23.7 Å². The highest BCUT2D eigenvalue weighted by Gasteiger charge is 2.51. The lowest BCUT2D eigenvalue weighted by Gasteiger charge is -2.32. The molecule has 11 nitrogen and oxygen atoms in total. The van der Waals surface area contributed by atoms with Crippen LogP contribution in [0.25, 0.3) is 0 Å². The zero-order valence-electron chi connectivity index (χ0n) is 23.4. The Kier molecular flexibility index (Phi) is 8.36. The monoisotopic (exact) mass is 621 g/mol. The van der Waals surface area contributed by atoms with Gasteiger partial charge in [0.1, 0.15) is 23.9 Å². The lowest BCUT2D eigenvalue weighted by molar-refractivity contribution is -0.603. The second-order valence-corrected chi connectivity index (χ2v) is 10.2. The van der Waals surface area contributed by atoms with E-state index in [1.54, 1.807) is 18.4 Å². The van der Waals surface area contributed by atoms with Crippen LogP contribution in [0.2, 0.25) is 0 Å². The van der Waals surface area contributed by atoms with E-state index in [2.05, 4.69) is 20.5 Å². The van der Waals surface area contributed by atoms with Gasteiger partial charge in [0.25, 0.3) is 11.5 Å². The SMILES string of the molecule is Cc1c(Cc2ccc(F)c(C(=O)N3CC[N+]4=C(COc5ccc(F)cc5)NN(OC(=O)C(F)(F)F)C4C3)c2)n[nH]c(=O)c1C. The number of carbonyl (C=O) groups is 2. The van der Waals surface area contributed by atoms with Crippen molar-refractivity contribution in [3.63, 3.8) is 0 Å². The maximum absolute atomic E-state index is 14.9. The van der Waals surface area contributed by atoms with E-state index in [1.165, 1.54) is 41.3 Å². The van der Waals surface area contributed by atoms with E-state index in [9.17, 15) is 36.3 Å². The molecule has 1 saturated heterocycles. The maximum atomic E-state index is 14.9. The number of nitrogens with one attached hydrogen (secondary N) is 2. The number of fused-ring (bicyclic) bond motifs is 1. The van der Waals surface area contributed by atoms with E-state index >= 15 is 0 Å². The van der Waals surface area contributed by atoms with Gasteiger partial charge in [-0.1, -0.05) is 6.07 Å². The van der Waals surface area contributed by atoms with Gasteiger partial charge >= 0.3 is 18.0 Å². The first-order valence-corrected chi connectivity index (χ1v) is 13.3. The number of piperazine rings is 1. The van der Waals surface area contributed by atoms with Gasteiger partial charge < -0.3 is 14.5 Å². The van der Waals surface area contributed by atoms with Crippen LogP contribution in [-0.2, 0) is 16.1 Å². The molecule has 2 aromatic carbocycles. The van der Waals surface area contributed by atoms with Gasteiger partial charge in [0, 0.05) is 12.0 Å². The fourth-order valence-corrected chi connectivity index (χ4v) is 4.81. The van der Waals surface area contributed by atoms with E-state index in [0.717, 1.165) is 6.07 Å². The third-order valence-corrected chi connectivity index (χ3v) is 7.36. The number of aromatic amines is 1. The number of carbonyl (C=O) groups excluding carboxylic acids is 2. The molecule has 5 rings (SSSR count). The van der Waals surface area contributed by atoms with Gasteiger partial charge in [-0.15, -0.1) is 0 Å². The normalized spacial score (nSPS) is 16.9. The highest BCUT2D eigenvalue weighted by atomic mass is 19.4. The van der Waals surface area contributed by atoms with E-state index < -0.39 is 35.9 Å². The van der Waals surface area contributed by atoms with Crippen molar-refractivity contribution in [2.75, 3.05) is 26.2 Å². The van der Waals surface area contributed by atoms with E-state index in [1.807, 2.05) is 0 Å². The van der Waals surface area contributed by atoms with E-state index in [4.69, 9.17) is 4.74 Å². The van der Waals surface area contributed by atoms with Gasteiger partial charge in [-0.3, -0.25) is 9.59 Å². The van der Waals surface area contributed by atoms with Crippen molar-refractivity contribution in [3.8, 4) is 5.75 Å². The fourth-order valence-electron chi connectivity index (χ4n) is 4.81. The first-order chi connectivity index (χ1) is 20.8. The molecule has 16 heteroatoms. The summed E-state index contributed by atoms with van der Waals surface area (Å²) < 4.78 is 74.4. The van der Waals surface area contributed by atoms with Crippen molar-refractivity contribution in [1.82, 2.24) is 25.7 Å². The minimum absolute atomic E-state index is 0.0432. The Hall–Kier alpha value is -4.86. The molecular weight excluding hydrogens is 595 g/mol. The van der Waals surface area contributed by atoms with Crippen molar-refractivity contribution < 1.29 is 45.7 Å². The molecule has 1 amide bonds. The second-order valence-electron chi connectivity index (χ2n) is 10.2. The lowest BCUT2D eigenvalue weighted by Crippen LogP contribution is -2.56. The van der Waals surface area contributed by atoms with Crippen LogP contribution in [0.5, 0.6) is 5.75 Å². The maximum Gasteiger partial charge on any atom is 0.492 e. The van der Waals surface area contributed by atoms with Gasteiger partial charge in [-0.05, 0) is 61.4 Å². The zero-order chi connectivity index (χ0) is 31.8. The number of hydrogen-bond donors (Lipinski definition) is 2. The zero-order valence-corrected chi connectivity index (χ0v) is 23.4. The molecule has 0 bridgehead atoms. The molecule has 3 aromatic rings. The van der Waals surface area contributed by atoms with Crippen LogP contribution in [0.3, 0.4) is 0 Å². The molecule has 2 aliphatic rings. The number of hydrazine groups is 1. The van der Waals surface area contributed by atoms with Crippen molar-refractivity contribution in [2.24, 2.45) is 0 Å². The van der Waals surface area contributed by atoms with Crippen LogP contribution in [0.4, 0.5) is 22.0 Å². The Morgan fingerprint density at radius 3 is 2.52 bits per heavy atom. The van der Waals surface area contributed by atoms with Crippen LogP contribution in [0.15, 0.2) is 47.3 Å². The summed E-state index contributed by atoms with van der Waals surface area (Å²) in [5.74, 6) is -4.04. The summed E-state index contributed by atoms with van der Waals surface area (Å²) in [6, 6.07) is 9.01. The molecule has 1 atom stereocenters. The quantitative estimate of drug-likeness (QED) is 0.305. The summed E-state index contributed by atoms with van der Waals surface area (Å²) in [5, 5.41) is 7.02. The third kappa shape index (κ3) is 6.39. The molecule has 2 aliphatic heterocycles. The molecule has 1 fully saturated rings. The van der Waals surface area contributed by atoms with Gasteiger partial charge in [0.15, 0.2) is 6.61 Å². The number of benzene rings is 2. The average molecular weight is 622 g/mol. The molecule has 3 heterocycles. The van der Waals surface area contributed by atoms with Crippen LogP contribution in [-0.4, -0.2) is 81.1 Å². The van der Waals surface area contributed by atoms with Crippen molar-refractivity contribution in [2.45, 2.75) is 32.6 Å². The van der Waals surface area contributed by atoms with Crippen LogP contribution in [0.1, 0.15) is 32.7 Å². The number of ether oxygens (including phenoxy) is 1. The minimum atomic E-state index is -5.30. The summed E-state index contributed by atoms with van der Waals surface area (Å²) in [5.41, 5.74) is 4.16. The Morgan fingerprint density at radius 2 is 1.82 bits per heavy atom. The number of alkyl halides is 3. The average Bonchev–Trinajstić information content (AvgIpc) is 3.33. The standard InChI is InChI=1S/C28H25F5N6O5/c1-15-16(2)25(40)35-34-22(15)12-17-3-8-21(30)20(11-17)26(41)37-9-10-38-23(14-43-19-6-4-18(29)5-7-19)36-39(24(38)13-37)44-27(42)28(31,32)33/h3-8,11,24H,9-10,12-14H2,1-2H3,(H,35,40)/p+1. The smallest absolute Gasteiger partial charge is 0.481 e. The molecule has 44 heavy (non-hydrogen) atoms. The Bertz CT molecular complexity index is 1690. The lowest BCUT2D eigenvalue weighted by atomic mass is 10.0. The largest absolute Gasteiger partial charge is 0.492 e. The first kappa shape index (κ1) is 30.6. The van der Waals surface area contributed by atoms with E-state index in [0.29, 0.717) is 27.6 Å². The van der Waals surface area contributed by atoms with Crippen molar-refractivity contribution in [3.05, 3.63) is 92.4 Å². The predicted octanol–water partition coefficient (Wildman–Crippen LogP) is 2.37. The number of rotatable bonds is 7. The fraction of sp³-hybridized carbons (Fsp3) is 0.321. The Morgan fingerprint density at radius 1 is 1.09 bits per heavy atom. The van der Waals surface area contributed by atoms with Crippen molar-refractivity contribution >= 4 is 17.7 Å². The highest BCUT2D eigenvalue weighted by molar-refractivity contribution is 5.95. The summed E-state index contributed by atoms with van der Waals surface area (Å²) in [7, 11) is 0. The molecule has 0 saturated carbocycles. The number of H-pyrrole nitrogens is 1. The molecule has 0 spiro atoms. The van der Waals surface area contributed by atoms with Gasteiger partial charge in [-0.25, -0.2) is 23.2 Å². The minimum Gasteiger partial charge on any atom is -0.481 e. The number of amides is 1. The topological polar surface area (TPSA) is 120 Å². The molecule has 1 unspecified atom stereocenters. The summed E-state index contributed by atoms with van der Waals surface area (Å²) in [6.45, 7) is 2.98. The number of hydroxylamine groups is 1. The summed E-state index contributed by atoms with van der Waals surface area (Å²) >= 11 is 0. The first-order valence-electron chi connectivity index (χ1n) is 13.3. The molecule has 0 aliphatic carbocycles. The molecule has 0 radical (unpaired) electrons.